The molecule has 0 atom stereocenters. The van der Waals surface area contributed by atoms with Crippen molar-refractivity contribution >= 4 is 35.3 Å². The van der Waals surface area contributed by atoms with Crippen LogP contribution in [0.4, 0.5) is 16.2 Å². The van der Waals surface area contributed by atoms with Crippen LogP contribution in [0.15, 0.2) is 78.4 Å². The Bertz CT molecular complexity index is 1190. The number of benzene rings is 3. The highest BCUT2D eigenvalue weighted by Gasteiger charge is 2.44. The molecule has 0 saturated carbocycles. The first-order valence-corrected chi connectivity index (χ1v) is 10.7. The van der Waals surface area contributed by atoms with Gasteiger partial charge in [0.25, 0.3) is 11.8 Å². The van der Waals surface area contributed by atoms with E-state index >= 15 is 0 Å². The van der Waals surface area contributed by atoms with Gasteiger partial charge in [0.15, 0.2) is 0 Å². The predicted octanol–water partition coefficient (Wildman–Crippen LogP) is 5.29. The fraction of sp³-hybridized carbons (Fsp3) is 0.148. The highest BCUT2D eigenvalue weighted by atomic mass is 16.5. The number of carbonyl (C=O) groups is 3. The van der Waals surface area contributed by atoms with Crippen molar-refractivity contribution in [2.75, 3.05) is 16.4 Å². The molecule has 0 unspecified atom stereocenters. The molecule has 1 aliphatic rings. The number of imide groups is 2. The monoisotopic (exact) mass is 440 g/mol. The zero-order chi connectivity index (χ0) is 23.5. The Morgan fingerprint density at radius 3 is 1.67 bits per heavy atom. The molecule has 6 heteroatoms. The second-order valence-corrected chi connectivity index (χ2v) is 7.70. The van der Waals surface area contributed by atoms with Crippen LogP contribution in [0.25, 0.3) is 6.08 Å². The first-order chi connectivity index (χ1) is 15.9. The first kappa shape index (κ1) is 22.0. The van der Waals surface area contributed by atoms with E-state index in [2.05, 4.69) is 0 Å². The normalized spacial score (nSPS) is 14.0. The zero-order valence-corrected chi connectivity index (χ0v) is 18.7. The Kier molecular flexibility index (Phi) is 6.09. The predicted molar refractivity (Wildman–Crippen MR) is 128 cm³/mol. The van der Waals surface area contributed by atoms with Gasteiger partial charge < -0.3 is 4.74 Å². The summed E-state index contributed by atoms with van der Waals surface area (Å²) in [6, 6.07) is 20.6. The summed E-state index contributed by atoms with van der Waals surface area (Å²) in [5.41, 5.74) is 2.94. The van der Waals surface area contributed by atoms with Gasteiger partial charge in [-0.15, -0.1) is 0 Å². The molecule has 1 aliphatic heterocycles. The number of barbiturate groups is 1. The van der Waals surface area contributed by atoms with E-state index < -0.39 is 17.8 Å². The second kappa shape index (κ2) is 9.12. The Morgan fingerprint density at radius 2 is 1.21 bits per heavy atom. The molecule has 1 heterocycles. The molecule has 6 nitrogen and oxygen atoms in total. The molecular formula is C27H24N2O4. The number of hydrogen-bond donors (Lipinski definition) is 0. The zero-order valence-electron chi connectivity index (χ0n) is 18.7. The van der Waals surface area contributed by atoms with Crippen molar-refractivity contribution in [1.82, 2.24) is 0 Å². The minimum atomic E-state index is -0.697. The fourth-order valence-electron chi connectivity index (χ4n) is 3.78. The quantitative estimate of drug-likeness (QED) is 0.400. The van der Waals surface area contributed by atoms with E-state index in [9.17, 15) is 14.4 Å². The van der Waals surface area contributed by atoms with E-state index in [0.717, 1.165) is 20.9 Å². The third-order valence-corrected chi connectivity index (χ3v) is 5.46. The van der Waals surface area contributed by atoms with E-state index in [0.29, 0.717) is 29.3 Å². The van der Waals surface area contributed by atoms with E-state index in [-0.39, 0.29) is 5.57 Å². The van der Waals surface area contributed by atoms with Crippen LogP contribution in [0.3, 0.4) is 0 Å². The maximum absolute atomic E-state index is 13.5. The van der Waals surface area contributed by atoms with Crippen molar-refractivity contribution in [2.45, 2.75) is 20.8 Å². The van der Waals surface area contributed by atoms with Crippen molar-refractivity contribution in [3.05, 3.63) is 95.1 Å². The lowest BCUT2D eigenvalue weighted by molar-refractivity contribution is -0.121. The molecule has 166 valence electrons. The summed E-state index contributed by atoms with van der Waals surface area (Å²) in [7, 11) is 0. The smallest absolute Gasteiger partial charge is 0.343 e. The van der Waals surface area contributed by atoms with E-state index in [1.165, 1.54) is 6.08 Å². The van der Waals surface area contributed by atoms with E-state index in [4.69, 9.17) is 4.74 Å². The third kappa shape index (κ3) is 4.15. The van der Waals surface area contributed by atoms with Crippen molar-refractivity contribution in [1.29, 1.82) is 0 Å². The van der Waals surface area contributed by atoms with E-state index in [1.54, 1.807) is 48.5 Å². The standard InChI is InChI=1S/C27H24N2O4/c1-4-33-21-15-13-20(14-16-21)17-22-25(30)28(23-11-7-5-9-18(23)2)27(32)29(26(22)31)24-12-8-6-10-19(24)3/h5-17H,4H2,1-3H3. The Balaban J connectivity index is 1.86. The van der Waals surface area contributed by atoms with Gasteiger partial charge in [-0.05, 0) is 67.8 Å². The molecule has 3 aromatic rings. The topological polar surface area (TPSA) is 66.9 Å². The Labute approximate surface area is 192 Å². The van der Waals surface area contributed by atoms with Gasteiger partial charge in [-0.3, -0.25) is 9.59 Å². The summed E-state index contributed by atoms with van der Waals surface area (Å²) >= 11 is 0. The molecule has 1 saturated heterocycles. The highest BCUT2D eigenvalue weighted by molar-refractivity contribution is 6.46. The number of para-hydroxylation sites is 2. The van der Waals surface area contributed by atoms with Crippen molar-refractivity contribution in [3.63, 3.8) is 0 Å². The van der Waals surface area contributed by atoms with E-state index in [1.807, 2.05) is 45.0 Å². The Hall–Kier alpha value is -4.19. The second-order valence-electron chi connectivity index (χ2n) is 7.70. The van der Waals surface area contributed by atoms with Crippen molar-refractivity contribution < 1.29 is 19.1 Å². The number of nitrogens with zero attached hydrogens (tertiary/aromatic N) is 2. The number of anilines is 2. The summed E-state index contributed by atoms with van der Waals surface area (Å²) in [4.78, 5) is 42.7. The summed E-state index contributed by atoms with van der Waals surface area (Å²) in [6.07, 6.45) is 1.52. The number of aryl methyl sites for hydroxylation is 2. The lowest BCUT2D eigenvalue weighted by Crippen LogP contribution is -2.57. The summed E-state index contributed by atoms with van der Waals surface area (Å²) < 4.78 is 5.47. The molecule has 0 aromatic heterocycles. The minimum absolute atomic E-state index is 0.0923. The molecule has 0 N–H and O–H groups in total. The summed E-state index contributed by atoms with van der Waals surface area (Å²) in [5.74, 6) is -0.616. The number of amides is 4. The maximum atomic E-state index is 13.5. The van der Waals surface area contributed by atoms with Crippen LogP contribution in [-0.2, 0) is 9.59 Å². The van der Waals surface area contributed by atoms with Gasteiger partial charge in [-0.25, -0.2) is 14.6 Å². The highest BCUT2D eigenvalue weighted by Crippen LogP contribution is 2.32. The molecule has 4 amide bonds. The third-order valence-electron chi connectivity index (χ3n) is 5.46. The molecule has 0 bridgehead atoms. The number of ether oxygens (including phenoxy) is 1. The van der Waals surface area contributed by atoms with Crippen LogP contribution in [0, 0.1) is 13.8 Å². The molecule has 1 fully saturated rings. The summed E-state index contributed by atoms with van der Waals surface area (Å²) in [6.45, 7) is 6.07. The summed E-state index contributed by atoms with van der Waals surface area (Å²) in [5, 5.41) is 0. The van der Waals surface area contributed by atoms with Crippen LogP contribution >= 0.6 is 0 Å². The lowest BCUT2D eigenvalue weighted by Gasteiger charge is -2.35. The molecule has 0 radical (unpaired) electrons. The number of carbonyl (C=O) groups excluding carboxylic acids is 3. The molecule has 33 heavy (non-hydrogen) atoms. The van der Waals surface area contributed by atoms with Crippen LogP contribution in [0.1, 0.15) is 23.6 Å². The number of urea groups is 1. The molecule has 0 aliphatic carbocycles. The molecular weight excluding hydrogens is 416 g/mol. The first-order valence-electron chi connectivity index (χ1n) is 10.7. The van der Waals surface area contributed by atoms with Crippen LogP contribution < -0.4 is 14.5 Å². The van der Waals surface area contributed by atoms with Crippen LogP contribution in [0.2, 0.25) is 0 Å². The average Bonchev–Trinajstić information content (AvgIpc) is 2.80. The van der Waals surface area contributed by atoms with Crippen LogP contribution in [-0.4, -0.2) is 24.5 Å². The molecule has 4 rings (SSSR count). The Morgan fingerprint density at radius 1 is 0.727 bits per heavy atom. The number of hydrogen-bond acceptors (Lipinski definition) is 4. The lowest BCUT2D eigenvalue weighted by atomic mass is 10.0. The largest absolute Gasteiger partial charge is 0.494 e. The van der Waals surface area contributed by atoms with Crippen molar-refractivity contribution in [3.8, 4) is 5.75 Å². The minimum Gasteiger partial charge on any atom is -0.494 e. The van der Waals surface area contributed by atoms with Gasteiger partial charge in [0, 0.05) is 0 Å². The number of rotatable bonds is 5. The maximum Gasteiger partial charge on any atom is 0.343 e. The SMILES string of the molecule is CCOc1ccc(C=C2C(=O)N(c3ccccc3C)C(=O)N(c3ccccc3C)C2=O)cc1. The van der Waals surface area contributed by atoms with Gasteiger partial charge in [-0.2, -0.15) is 0 Å². The van der Waals surface area contributed by atoms with Crippen LogP contribution in [0.5, 0.6) is 5.75 Å². The fourth-order valence-corrected chi connectivity index (χ4v) is 3.78. The van der Waals surface area contributed by atoms with Gasteiger partial charge in [0.2, 0.25) is 0 Å². The van der Waals surface area contributed by atoms with Gasteiger partial charge >= 0.3 is 6.03 Å². The average molecular weight is 440 g/mol. The van der Waals surface area contributed by atoms with Crippen molar-refractivity contribution in [2.24, 2.45) is 0 Å². The molecule has 3 aromatic carbocycles. The van der Waals surface area contributed by atoms with Gasteiger partial charge in [0.1, 0.15) is 11.3 Å². The van der Waals surface area contributed by atoms with Gasteiger partial charge in [0.05, 0.1) is 18.0 Å². The molecule has 0 spiro atoms. The van der Waals surface area contributed by atoms with Gasteiger partial charge in [-0.1, -0.05) is 48.5 Å².